The number of para-hydroxylation sites is 2. The number of phenolic OH excluding ortho intramolecular Hbond substituents is 1. The molecule has 1 saturated heterocycles. The number of aryl methyl sites for hydroxylation is 1. The van der Waals surface area contributed by atoms with Crippen LogP contribution in [-0.4, -0.2) is 34.0 Å². The molecule has 2 aromatic carbocycles. The Hall–Kier alpha value is -4.13. The van der Waals surface area contributed by atoms with Gasteiger partial charge in [0.15, 0.2) is 0 Å². The summed E-state index contributed by atoms with van der Waals surface area (Å²) in [6.07, 6.45) is 1.54. The smallest absolute Gasteiger partial charge is 0.300 e. The molecule has 1 amide bonds. The quantitative estimate of drug-likeness (QED) is 0.382. The molecule has 0 bridgehead atoms. The van der Waals surface area contributed by atoms with Crippen molar-refractivity contribution in [2.24, 2.45) is 0 Å². The van der Waals surface area contributed by atoms with Crippen molar-refractivity contribution in [2.45, 2.75) is 13.0 Å². The SMILES string of the molecule is COc1ccc(/C(O)=C2/C(=O)C(=O)N(c3ccccc3O)C2c2ccccn2)cc1C. The summed E-state index contributed by atoms with van der Waals surface area (Å²) >= 11 is 0. The molecule has 2 N–H and O–H groups in total. The molecule has 156 valence electrons. The number of hydrogen-bond acceptors (Lipinski definition) is 6. The summed E-state index contributed by atoms with van der Waals surface area (Å²) < 4.78 is 5.26. The fourth-order valence-electron chi connectivity index (χ4n) is 3.75. The van der Waals surface area contributed by atoms with Gasteiger partial charge in [0, 0.05) is 11.8 Å². The summed E-state index contributed by atoms with van der Waals surface area (Å²) in [5.74, 6) is -1.57. The van der Waals surface area contributed by atoms with Gasteiger partial charge in [0.25, 0.3) is 11.7 Å². The van der Waals surface area contributed by atoms with Gasteiger partial charge in [-0.15, -0.1) is 0 Å². The summed E-state index contributed by atoms with van der Waals surface area (Å²) in [4.78, 5) is 31.6. The number of hydrogen-bond donors (Lipinski definition) is 2. The van der Waals surface area contributed by atoms with Gasteiger partial charge in [-0.1, -0.05) is 18.2 Å². The van der Waals surface area contributed by atoms with Crippen LogP contribution in [0.5, 0.6) is 11.5 Å². The van der Waals surface area contributed by atoms with Crippen molar-refractivity contribution in [2.75, 3.05) is 12.0 Å². The largest absolute Gasteiger partial charge is 0.507 e. The molecule has 1 unspecified atom stereocenters. The lowest BCUT2D eigenvalue weighted by molar-refractivity contribution is -0.132. The van der Waals surface area contributed by atoms with Crippen LogP contribution in [0.2, 0.25) is 0 Å². The summed E-state index contributed by atoms with van der Waals surface area (Å²) in [5, 5.41) is 21.5. The maximum atomic E-state index is 13.1. The number of phenols is 1. The number of carbonyl (C=O) groups is 2. The van der Waals surface area contributed by atoms with Gasteiger partial charge in [0.2, 0.25) is 0 Å². The van der Waals surface area contributed by atoms with Gasteiger partial charge in [0.1, 0.15) is 23.3 Å². The molecule has 0 radical (unpaired) electrons. The van der Waals surface area contributed by atoms with Crippen molar-refractivity contribution in [3.05, 3.63) is 89.3 Å². The number of Topliss-reactive ketones (excluding diaryl/α,β-unsaturated/α-hetero) is 1. The highest BCUT2D eigenvalue weighted by atomic mass is 16.5. The number of aliphatic hydroxyl groups excluding tert-OH is 1. The molecule has 7 nitrogen and oxygen atoms in total. The van der Waals surface area contributed by atoms with Crippen LogP contribution in [-0.2, 0) is 9.59 Å². The highest BCUT2D eigenvalue weighted by Gasteiger charge is 2.48. The number of pyridine rings is 1. The summed E-state index contributed by atoms with van der Waals surface area (Å²) in [7, 11) is 1.54. The molecule has 1 aromatic heterocycles. The molecule has 1 aliphatic heterocycles. The van der Waals surface area contributed by atoms with Crippen molar-refractivity contribution in [3.63, 3.8) is 0 Å². The van der Waals surface area contributed by atoms with E-state index in [0.717, 1.165) is 5.56 Å². The summed E-state index contributed by atoms with van der Waals surface area (Å²) in [5.41, 5.74) is 1.57. The molecular weight excluding hydrogens is 396 g/mol. The van der Waals surface area contributed by atoms with E-state index < -0.39 is 17.7 Å². The predicted molar refractivity (Wildman–Crippen MR) is 115 cm³/mol. The molecule has 3 aromatic rings. The van der Waals surface area contributed by atoms with Gasteiger partial charge in [-0.05, 0) is 55.0 Å². The number of ketones is 1. The first-order valence-corrected chi connectivity index (χ1v) is 9.59. The fraction of sp³-hybridized carbons (Fsp3) is 0.125. The zero-order valence-electron chi connectivity index (χ0n) is 16.9. The molecule has 1 atom stereocenters. The summed E-state index contributed by atoms with van der Waals surface area (Å²) in [6, 6.07) is 15.3. The fourth-order valence-corrected chi connectivity index (χ4v) is 3.75. The Kier molecular flexibility index (Phi) is 5.17. The van der Waals surface area contributed by atoms with Crippen molar-refractivity contribution >= 4 is 23.1 Å². The molecule has 1 aliphatic rings. The topological polar surface area (TPSA) is 100.0 Å². The number of aromatic nitrogens is 1. The molecule has 2 heterocycles. The third-order valence-electron chi connectivity index (χ3n) is 5.22. The Morgan fingerprint density at radius 3 is 2.45 bits per heavy atom. The van der Waals surface area contributed by atoms with E-state index in [2.05, 4.69) is 4.98 Å². The lowest BCUT2D eigenvalue weighted by Crippen LogP contribution is -2.29. The van der Waals surface area contributed by atoms with Crippen LogP contribution in [0.4, 0.5) is 5.69 Å². The van der Waals surface area contributed by atoms with E-state index in [1.165, 1.54) is 23.2 Å². The number of anilines is 1. The number of rotatable bonds is 4. The van der Waals surface area contributed by atoms with E-state index in [1.807, 2.05) is 6.92 Å². The third kappa shape index (κ3) is 3.40. The maximum Gasteiger partial charge on any atom is 0.300 e. The van der Waals surface area contributed by atoms with E-state index >= 15 is 0 Å². The second-order valence-electron chi connectivity index (χ2n) is 7.10. The van der Waals surface area contributed by atoms with Crippen LogP contribution in [0.3, 0.4) is 0 Å². The zero-order chi connectivity index (χ0) is 22.1. The van der Waals surface area contributed by atoms with Crippen LogP contribution >= 0.6 is 0 Å². The number of ether oxygens (including phenoxy) is 1. The number of aliphatic hydroxyl groups is 1. The lowest BCUT2D eigenvalue weighted by atomic mass is 9.97. The van der Waals surface area contributed by atoms with E-state index in [-0.39, 0.29) is 22.8 Å². The minimum Gasteiger partial charge on any atom is -0.507 e. The number of aromatic hydroxyl groups is 1. The summed E-state index contributed by atoms with van der Waals surface area (Å²) in [6.45, 7) is 1.81. The van der Waals surface area contributed by atoms with Crippen LogP contribution in [0, 0.1) is 6.92 Å². The zero-order valence-corrected chi connectivity index (χ0v) is 16.9. The van der Waals surface area contributed by atoms with Gasteiger partial charge in [-0.25, -0.2) is 0 Å². The van der Waals surface area contributed by atoms with E-state index in [1.54, 1.807) is 55.6 Å². The first kappa shape index (κ1) is 20.2. The van der Waals surface area contributed by atoms with Crippen molar-refractivity contribution < 1.29 is 24.5 Å². The Bertz CT molecular complexity index is 1200. The van der Waals surface area contributed by atoms with Crippen molar-refractivity contribution in [3.8, 4) is 11.5 Å². The number of amides is 1. The second-order valence-corrected chi connectivity index (χ2v) is 7.10. The van der Waals surface area contributed by atoms with Gasteiger partial charge >= 0.3 is 0 Å². The molecule has 7 heteroatoms. The standard InChI is InChI=1S/C24H20N2O5/c1-14-13-15(10-11-19(14)31-2)22(28)20-21(16-7-5-6-12-25-16)26(24(30)23(20)29)17-8-3-4-9-18(17)27/h3-13,21,27-28H,1-2H3/b22-20-. The molecule has 0 aliphatic carbocycles. The van der Waals surface area contributed by atoms with Crippen molar-refractivity contribution in [1.82, 2.24) is 4.98 Å². The Morgan fingerprint density at radius 1 is 1.06 bits per heavy atom. The van der Waals surface area contributed by atoms with Crippen molar-refractivity contribution in [1.29, 1.82) is 0 Å². The maximum absolute atomic E-state index is 13.1. The molecular formula is C24H20N2O5. The van der Waals surface area contributed by atoms with Gasteiger partial charge in [0.05, 0.1) is 24.1 Å². The molecule has 4 rings (SSSR count). The molecule has 1 fully saturated rings. The minimum absolute atomic E-state index is 0.100. The van der Waals surface area contributed by atoms with Crippen LogP contribution < -0.4 is 9.64 Å². The Labute approximate surface area is 178 Å². The van der Waals surface area contributed by atoms with Crippen LogP contribution in [0.25, 0.3) is 5.76 Å². The average molecular weight is 416 g/mol. The van der Waals surface area contributed by atoms with Gasteiger partial charge in [-0.3, -0.25) is 19.5 Å². The third-order valence-corrected chi connectivity index (χ3v) is 5.22. The molecule has 0 spiro atoms. The number of nitrogens with zero attached hydrogens (tertiary/aromatic N) is 2. The van der Waals surface area contributed by atoms with E-state index in [4.69, 9.17) is 4.74 Å². The predicted octanol–water partition coefficient (Wildman–Crippen LogP) is 3.73. The Morgan fingerprint density at radius 2 is 1.81 bits per heavy atom. The number of methoxy groups -OCH3 is 1. The highest BCUT2D eigenvalue weighted by molar-refractivity contribution is 6.51. The number of benzene rings is 2. The van der Waals surface area contributed by atoms with E-state index in [9.17, 15) is 19.8 Å². The first-order chi connectivity index (χ1) is 14.9. The molecule has 0 saturated carbocycles. The Balaban J connectivity index is 1.95. The normalized spacial score (nSPS) is 17.7. The van der Waals surface area contributed by atoms with Gasteiger partial charge in [-0.2, -0.15) is 0 Å². The lowest BCUT2D eigenvalue weighted by Gasteiger charge is -2.25. The van der Waals surface area contributed by atoms with E-state index in [0.29, 0.717) is 17.0 Å². The van der Waals surface area contributed by atoms with Crippen LogP contribution in [0.1, 0.15) is 22.9 Å². The number of carbonyl (C=O) groups excluding carboxylic acids is 2. The minimum atomic E-state index is -1.00. The molecule has 31 heavy (non-hydrogen) atoms. The average Bonchev–Trinajstić information content (AvgIpc) is 3.04. The first-order valence-electron chi connectivity index (χ1n) is 9.59. The second kappa shape index (κ2) is 7.95. The van der Waals surface area contributed by atoms with Gasteiger partial charge < -0.3 is 14.9 Å². The monoisotopic (exact) mass is 416 g/mol. The highest BCUT2D eigenvalue weighted by Crippen LogP contribution is 2.44. The van der Waals surface area contributed by atoms with Crippen LogP contribution in [0.15, 0.2) is 72.4 Å².